The molecule has 2 aromatic rings. The summed E-state index contributed by atoms with van der Waals surface area (Å²) in [7, 11) is 1.56. The van der Waals surface area contributed by atoms with E-state index in [1.165, 1.54) is 6.07 Å². The van der Waals surface area contributed by atoms with Gasteiger partial charge in [0.25, 0.3) is 5.56 Å². The molecule has 1 N–H and O–H groups in total. The van der Waals surface area contributed by atoms with Crippen molar-refractivity contribution in [3.63, 3.8) is 0 Å². The molecule has 0 aliphatic carbocycles. The number of nitrogens with one attached hydrogen (secondary N) is 1. The topological polar surface area (TPSA) is 80.6 Å². The second-order valence-electron chi connectivity index (χ2n) is 6.55. The van der Waals surface area contributed by atoms with Crippen LogP contribution in [0.25, 0.3) is 0 Å². The highest BCUT2D eigenvalue weighted by Gasteiger charge is 2.32. The van der Waals surface area contributed by atoms with Gasteiger partial charge in [0, 0.05) is 37.7 Å². The number of amides is 2. The average Bonchev–Trinajstić information content (AvgIpc) is 3.01. The Labute approximate surface area is 157 Å². The van der Waals surface area contributed by atoms with Gasteiger partial charge in [-0.25, -0.2) is 0 Å². The SMILES string of the molecule is COc1ccccc1N1CC(NC(=O)CCn2c(C)cccc2=O)CC1=O. The predicted molar refractivity (Wildman–Crippen MR) is 102 cm³/mol. The highest BCUT2D eigenvalue weighted by molar-refractivity contribution is 5.98. The van der Waals surface area contributed by atoms with Gasteiger partial charge in [-0.1, -0.05) is 18.2 Å². The van der Waals surface area contributed by atoms with Gasteiger partial charge in [-0.15, -0.1) is 0 Å². The van der Waals surface area contributed by atoms with Crippen molar-refractivity contribution in [2.24, 2.45) is 0 Å². The lowest BCUT2D eigenvalue weighted by Crippen LogP contribution is -2.38. The van der Waals surface area contributed by atoms with Gasteiger partial charge in [-0.3, -0.25) is 14.4 Å². The summed E-state index contributed by atoms with van der Waals surface area (Å²) in [4.78, 5) is 38.2. The zero-order valence-corrected chi connectivity index (χ0v) is 15.5. The van der Waals surface area contributed by atoms with Crippen LogP contribution in [-0.2, 0) is 16.1 Å². The van der Waals surface area contributed by atoms with E-state index < -0.39 is 0 Å². The molecular formula is C20H23N3O4. The van der Waals surface area contributed by atoms with E-state index in [2.05, 4.69) is 5.32 Å². The first kappa shape index (κ1) is 18.7. The zero-order chi connectivity index (χ0) is 19.4. The quantitative estimate of drug-likeness (QED) is 0.836. The van der Waals surface area contributed by atoms with Crippen LogP contribution < -0.4 is 20.5 Å². The number of aromatic nitrogens is 1. The highest BCUT2D eigenvalue weighted by Crippen LogP contribution is 2.30. The van der Waals surface area contributed by atoms with Crippen LogP contribution in [0.4, 0.5) is 5.69 Å². The molecule has 1 aromatic carbocycles. The van der Waals surface area contributed by atoms with Crippen molar-refractivity contribution >= 4 is 17.5 Å². The minimum Gasteiger partial charge on any atom is -0.495 e. The first-order valence-corrected chi connectivity index (χ1v) is 8.89. The third-order valence-corrected chi connectivity index (χ3v) is 4.70. The number of hydrogen-bond donors (Lipinski definition) is 1. The molecule has 3 rings (SSSR count). The number of aryl methyl sites for hydroxylation is 1. The fraction of sp³-hybridized carbons (Fsp3) is 0.350. The van der Waals surface area contributed by atoms with Crippen molar-refractivity contribution in [1.29, 1.82) is 0 Å². The Balaban J connectivity index is 1.60. The van der Waals surface area contributed by atoms with Gasteiger partial charge in [0.15, 0.2) is 0 Å². The summed E-state index contributed by atoms with van der Waals surface area (Å²) in [6, 6.07) is 12.1. The molecule has 1 aliphatic rings. The van der Waals surface area contributed by atoms with Crippen LogP contribution in [0.3, 0.4) is 0 Å². The van der Waals surface area contributed by atoms with E-state index in [9.17, 15) is 14.4 Å². The van der Waals surface area contributed by atoms with Gasteiger partial charge >= 0.3 is 0 Å². The Morgan fingerprint density at radius 1 is 1.19 bits per heavy atom. The van der Waals surface area contributed by atoms with Gasteiger partial charge in [-0.05, 0) is 25.1 Å². The number of ether oxygens (including phenoxy) is 1. The van der Waals surface area contributed by atoms with Crippen LogP contribution in [0.1, 0.15) is 18.5 Å². The van der Waals surface area contributed by atoms with Crippen LogP contribution in [0.15, 0.2) is 47.3 Å². The summed E-state index contributed by atoms with van der Waals surface area (Å²) in [6.07, 6.45) is 0.429. The summed E-state index contributed by atoms with van der Waals surface area (Å²) in [5, 5.41) is 2.90. The fourth-order valence-electron chi connectivity index (χ4n) is 3.31. The average molecular weight is 369 g/mol. The number of anilines is 1. The van der Waals surface area contributed by atoms with Crippen molar-refractivity contribution in [3.05, 3.63) is 58.5 Å². The number of rotatable bonds is 6. The number of benzene rings is 1. The molecule has 7 heteroatoms. The Morgan fingerprint density at radius 3 is 2.70 bits per heavy atom. The van der Waals surface area contributed by atoms with E-state index in [0.717, 1.165) is 5.69 Å². The van der Waals surface area contributed by atoms with E-state index in [-0.39, 0.29) is 36.3 Å². The van der Waals surface area contributed by atoms with Gasteiger partial charge in [0.2, 0.25) is 11.8 Å². The number of para-hydroxylation sites is 2. The normalized spacial score (nSPS) is 16.4. The van der Waals surface area contributed by atoms with Crippen molar-refractivity contribution in [2.75, 3.05) is 18.6 Å². The summed E-state index contributed by atoms with van der Waals surface area (Å²) < 4.78 is 6.89. The molecule has 1 saturated heterocycles. The lowest BCUT2D eigenvalue weighted by atomic mass is 10.2. The molecule has 2 amide bonds. The van der Waals surface area contributed by atoms with E-state index >= 15 is 0 Å². The van der Waals surface area contributed by atoms with Gasteiger partial charge in [0.05, 0.1) is 18.8 Å². The molecule has 0 bridgehead atoms. The van der Waals surface area contributed by atoms with E-state index in [0.29, 0.717) is 24.5 Å². The molecule has 2 heterocycles. The lowest BCUT2D eigenvalue weighted by Gasteiger charge is -2.19. The van der Waals surface area contributed by atoms with Gasteiger partial charge < -0.3 is 19.5 Å². The second-order valence-corrected chi connectivity index (χ2v) is 6.55. The number of hydrogen-bond acceptors (Lipinski definition) is 4. The molecule has 27 heavy (non-hydrogen) atoms. The molecule has 1 aliphatic heterocycles. The third-order valence-electron chi connectivity index (χ3n) is 4.70. The Kier molecular flexibility index (Phi) is 5.59. The molecule has 142 valence electrons. The molecule has 7 nitrogen and oxygen atoms in total. The molecule has 0 radical (unpaired) electrons. The summed E-state index contributed by atoms with van der Waals surface area (Å²) in [6.45, 7) is 2.55. The third kappa shape index (κ3) is 4.19. The largest absolute Gasteiger partial charge is 0.495 e. The Morgan fingerprint density at radius 2 is 1.96 bits per heavy atom. The van der Waals surface area contributed by atoms with Crippen LogP contribution in [0.5, 0.6) is 5.75 Å². The first-order valence-electron chi connectivity index (χ1n) is 8.89. The van der Waals surface area contributed by atoms with E-state index in [1.54, 1.807) is 28.7 Å². The van der Waals surface area contributed by atoms with Crippen molar-refractivity contribution in [1.82, 2.24) is 9.88 Å². The monoisotopic (exact) mass is 369 g/mol. The molecule has 1 aromatic heterocycles. The predicted octanol–water partition coefficient (Wildman–Crippen LogP) is 1.48. The molecule has 1 fully saturated rings. The standard InChI is InChI=1S/C20H23N3O4/c1-14-6-5-9-19(25)22(14)11-10-18(24)21-15-12-20(26)23(13-15)16-7-3-4-8-17(16)27-2/h3-9,15H,10-13H2,1-2H3,(H,21,24). The summed E-state index contributed by atoms with van der Waals surface area (Å²) >= 11 is 0. The van der Waals surface area contributed by atoms with Crippen molar-refractivity contribution in [2.45, 2.75) is 32.4 Å². The number of methoxy groups -OCH3 is 1. The number of carbonyl (C=O) groups excluding carboxylic acids is 2. The van der Waals surface area contributed by atoms with Crippen molar-refractivity contribution < 1.29 is 14.3 Å². The number of pyridine rings is 1. The summed E-state index contributed by atoms with van der Waals surface area (Å²) in [5.41, 5.74) is 1.39. The molecule has 0 spiro atoms. The van der Waals surface area contributed by atoms with Crippen LogP contribution in [0.2, 0.25) is 0 Å². The molecule has 1 unspecified atom stereocenters. The fourth-order valence-corrected chi connectivity index (χ4v) is 3.31. The van der Waals surface area contributed by atoms with Crippen molar-refractivity contribution in [3.8, 4) is 5.75 Å². The van der Waals surface area contributed by atoms with Gasteiger partial charge in [-0.2, -0.15) is 0 Å². The van der Waals surface area contributed by atoms with E-state index in [1.807, 2.05) is 31.2 Å². The van der Waals surface area contributed by atoms with E-state index in [4.69, 9.17) is 4.74 Å². The highest BCUT2D eigenvalue weighted by atomic mass is 16.5. The number of carbonyl (C=O) groups is 2. The zero-order valence-electron chi connectivity index (χ0n) is 15.5. The Bertz CT molecular complexity index is 906. The van der Waals surface area contributed by atoms with Crippen LogP contribution in [-0.4, -0.2) is 36.1 Å². The molecular weight excluding hydrogens is 346 g/mol. The molecule has 0 saturated carbocycles. The first-order chi connectivity index (χ1) is 13.0. The molecule has 1 atom stereocenters. The maximum Gasteiger partial charge on any atom is 0.250 e. The van der Waals surface area contributed by atoms with Crippen LogP contribution >= 0.6 is 0 Å². The number of nitrogens with zero attached hydrogens (tertiary/aromatic N) is 2. The maximum absolute atomic E-state index is 12.4. The smallest absolute Gasteiger partial charge is 0.250 e. The Hall–Kier alpha value is -3.09. The summed E-state index contributed by atoms with van der Waals surface area (Å²) in [5.74, 6) is 0.390. The van der Waals surface area contributed by atoms with Crippen LogP contribution in [0, 0.1) is 6.92 Å². The minimum absolute atomic E-state index is 0.0556. The van der Waals surface area contributed by atoms with Gasteiger partial charge in [0.1, 0.15) is 5.75 Å². The second kappa shape index (κ2) is 8.07. The maximum atomic E-state index is 12.4. The lowest BCUT2D eigenvalue weighted by molar-refractivity contribution is -0.122. The minimum atomic E-state index is -0.261.